The molecule has 0 atom stereocenters. The summed E-state index contributed by atoms with van der Waals surface area (Å²) in [5.41, 5.74) is 1.82. The monoisotopic (exact) mass is 416 g/mol. The second-order valence-corrected chi connectivity index (χ2v) is 8.57. The minimum absolute atomic E-state index is 0.200. The lowest BCUT2D eigenvalue weighted by atomic mass is 10.0. The van der Waals surface area contributed by atoms with Crippen molar-refractivity contribution in [1.29, 1.82) is 0 Å². The molecular formula is C26H44N2O2. The van der Waals surface area contributed by atoms with Gasteiger partial charge in [-0.25, -0.2) is 4.79 Å². The number of rotatable bonds is 17. The highest BCUT2D eigenvalue weighted by Gasteiger charge is 2.07. The summed E-state index contributed by atoms with van der Waals surface area (Å²) in [5.74, 6) is -0.200. The number of anilines is 1. The van der Waals surface area contributed by atoms with Crippen LogP contribution in [0.25, 0.3) is 0 Å². The Bertz CT molecular complexity index is 569. The Labute approximate surface area is 184 Å². The number of imide groups is 1. The molecule has 2 N–H and O–H groups in total. The third-order valence-electron chi connectivity index (χ3n) is 5.57. The Morgan fingerprint density at radius 1 is 0.667 bits per heavy atom. The lowest BCUT2D eigenvalue weighted by molar-refractivity contribution is -0.120. The predicted octanol–water partition coefficient (Wildman–Crippen LogP) is 7.90. The first-order valence-corrected chi connectivity index (χ1v) is 12.3. The van der Waals surface area contributed by atoms with Gasteiger partial charge in [-0.15, -0.1) is 0 Å². The number of unbranched alkanes of at least 4 members (excludes halogenated alkanes) is 14. The summed E-state index contributed by atoms with van der Waals surface area (Å²) in [6, 6.07) is 7.05. The van der Waals surface area contributed by atoms with Crippen LogP contribution in [0.5, 0.6) is 0 Å². The SMILES string of the molecule is CCCCCCCCCCCCCCCCCC(=O)NC(=O)Nc1ccc(C)cc1. The zero-order chi connectivity index (χ0) is 21.9. The van der Waals surface area contributed by atoms with Crippen LogP contribution in [0, 0.1) is 6.92 Å². The van der Waals surface area contributed by atoms with Crippen LogP contribution in [0.15, 0.2) is 24.3 Å². The molecule has 0 aliphatic rings. The Morgan fingerprint density at radius 3 is 1.57 bits per heavy atom. The van der Waals surface area contributed by atoms with Gasteiger partial charge in [0.25, 0.3) is 0 Å². The zero-order valence-electron chi connectivity index (χ0n) is 19.4. The second kappa shape index (κ2) is 18.0. The number of carbonyl (C=O) groups is 2. The zero-order valence-corrected chi connectivity index (χ0v) is 19.4. The van der Waals surface area contributed by atoms with Crippen LogP contribution in [-0.2, 0) is 4.79 Å². The molecule has 3 amide bonds. The minimum atomic E-state index is -0.454. The molecule has 0 bridgehead atoms. The topological polar surface area (TPSA) is 58.2 Å². The van der Waals surface area contributed by atoms with Gasteiger partial charge in [0.15, 0.2) is 0 Å². The molecule has 0 radical (unpaired) electrons. The number of hydrogen-bond donors (Lipinski definition) is 2. The van der Waals surface area contributed by atoms with Crippen molar-refractivity contribution in [3.05, 3.63) is 29.8 Å². The summed E-state index contributed by atoms with van der Waals surface area (Å²) in [6.45, 7) is 4.26. The van der Waals surface area contributed by atoms with Crippen LogP contribution in [0.1, 0.15) is 115 Å². The van der Waals surface area contributed by atoms with E-state index in [1.54, 1.807) is 0 Å². The molecule has 1 aromatic rings. The highest BCUT2D eigenvalue weighted by molar-refractivity contribution is 6.01. The average molecular weight is 417 g/mol. The Balaban J connectivity index is 1.86. The first kappa shape index (κ1) is 26.2. The van der Waals surface area contributed by atoms with Gasteiger partial charge in [0.1, 0.15) is 0 Å². The number of benzene rings is 1. The largest absolute Gasteiger partial charge is 0.325 e. The van der Waals surface area contributed by atoms with Gasteiger partial charge in [0.2, 0.25) is 5.91 Å². The molecule has 0 saturated carbocycles. The molecule has 1 rings (SSSR count). The van der Waals surface area contributed by atoms with Gasteiger partial charge in [0.05, 0.1) is 0 Å². The molecule has 0 fully saturated rings. The molecule has 0 aliphatic carbocycles. The van der Waals surface area contributed by atoms with Crippen molar-refractivity contribution < 1.29 is 9.59 Å². The van der Waals surface area contributed by atoms with Crippen LogP contribution < -0.4 is 10.6 Å². The minimum Gasteiger partial charge on any atom is -0.308 e. The summed E-state index contributed by atoms with van der Waals surface area (Å²) in [7, 11) is 0. The summed E-state index contributed by atoms with van der Waals surface area (Å²) < 4.78 is 0. The second-order valence-electron chi connectivity index (χ2n) is 8.57. The maximum absolute atomic E-state index is 11.9. The quantitative estimate of drug-likeness (QED) is 0.253. The summed E-state index contributed by atoms with van der Waals surface area (Å²) in [5, 5.41) is 5.09. The summed E-state index contributed by atoms with van der Waals surface area (Å²) >= 11 is 0. The summed E-state index contributed by atoms with van der Waals surface area (Å²) in [4.78, 5) is 23.7. The Morgan fingerprint density at radius 2 is 1.10 bits per heavy atom. The number of nitrogens with one attached hydrogen (secondary N) is 2. The molecule has 0 heterocycles. The molecule has 30 heavy (non-hydrogen) atoms. The van der Waals surface area contributed by atoms with Gasteiger partial charge in [0, 0.05) is 12.1 Å². The average Bonchev–Trinajstić information content (AvgIpc) is 2.72. The van der Waals surface area contributed by atoms with E-state index in [-0.39, 0.29) is 5.91 Å². The van der Waals surface area contributed by atoms with E-state index < -0.39 is 6.03 Å². The molecule has 4 heteroatoms. The van der Waals surface area contributed by atoms with Crippen LogP contribution in [0.4, 0.5) is 10.5 Å². The van der Waals surface area contributed by atoms with E-state index >= 15 is 0 Å². The number of hydrogen-bond acceptors (Lipinski definition) is 2. The third-order valence-corrected chi connectivity index (χ3v) is 5.57. The molecule has 0 spiro atoms. The number of aryl methyl sites for hydroxylation is 1. The third kappa shape index (κ3) is 15.1. The highest BCUT2D eigenvalue weighted by atomic mass is 16.2. The normalized spacial score (nSPS) is 10.7. The van der Waals surface area contributed by atoms with Gasteiger partial charge in [-0.1, -0.05) is 115 Å². The van der Waals surface area contributed by atoms with Crippen LogP contribution in [-0.4, -0.2) is 11.9 Å². The Kier molecular flexibility index (Phi) is 15.7. The van der Waals surface area contributed by atoms with Gasteiger partial charge in [-0.2, -0.15) is 0 Å². The Hall–Kier alpha value is -1.84. The fourth-order valence-electron chi connectivity index (χ4n) is 3.65. The van der Waals surface area contributed by atoms with E-state index in [0.717, 1.165) is 18.4 Å². The number of carbonyl (C=O) groups excluding carboxylic acids is 2. The summed E-state index contributed by atoms with van der Waals surface area (Å²) in [6.07, 6.45) is 20.0. The van der Waals surface area contributed by atoms with Crippen molar-refractivity contribution in [3.63, 3.8) is 0 Å². The van der Waals surface area contributed by atoms with E-state index in [1.807, 2.05) is 31.2 Å². The van der Waals surface area contributed by atoms with Crippen molar-refractivity contribution in [2.24, 2.45) is 0 Å². The van der Waals surface area contributed by atoms with Crippen molar-refractivity contribution in [1.82, 2.24) is 5.32 Å². The van der Waals surface area contributed by atoms with E-state index in [2.05, 4.69) is 17.6 Å². The number of amides is 3. The molecule has 0 aromatic heterocycles. The fraction of sp³-hybridized carbons (Fsp3) is 0.692. The van der Waals surface area contributed by atoms with Crippen LogP contribution in [0.3, 0.4) is 0 Å². The van der Waals surface area contributed by atoms with E-state index in [1.165, 1.54) is 83.5 Å². The molecule has 0 saturated heterocycles. The standard InChI is InChI=1S/C26H44N2O2/c1-3-4-5-6-7-8-9-10-11-12-13-14-15-16-17-18-25(29)28-26(30)27-24-21-19-23(2)20-22-24/h19-22H,3-18H2,1-2H3,(H2,27,28,29,30). The lowest BCUT2D eigenvalue weighted by Gasteiger charge is -2.07. The maximum Gasteiger partial charge on any atom is 0.325 e. The van der Waals surface area contributed by atoms with Gasteiger partial charge >= 0.3 is 6.03 Å². The molecule has 4 nitrogen and oxygen atoms in total. The molecular weight excluding hydrogens is 372 g/mol. The van der Waals surface area contributed by atoms with Crippen molar-refractivity contribution >= 4 is 17.6 Å². The highest BCUT2D eigenvalue weighted by Crippen LogP contribution is 2.14. The molecule has 0 unspecified atom stereocenters. The van der Waals surface area contributed by atoms with E-state index in [0.29, 0.717) is 12.1 Å². The lowest BCUT2D eigenvalue weighted by Crippen LogP contribution is -2.34. The first-order valence-electron chi connectivity index (χ1n) is 12.3. The maximum atomic E-state index is 11.9. The first-order chi connectivity index (χ1) is 14.6. The van der Waals surface area contributed by atoms with Crippen molar-refractivity contribution in [2.45, 2.75) is 117 Å². The molecule has 170 valence electrons. The van der Waals surface area contributed by atoms with Gasteiger partial charge < -0.3 is 5.32 Å². The number of urea groups is 1. The van der Waals surface area contributed by atoms with Crippen molar-refractivity contribution in [2.75, 3.05) is 5.32 Å². The van der Waals surface area contributed by atoms with Crippen LogP contribution in [0.2, 0.25) is 0 Å². The van der Waals surface area contributed by atoms with Crippen molar-refractivity contribution in [3.8, 4) is 0 Å². The molecule has 1 aromatic carbocycles. The molecule has 0 aliphatic heterocycles. The smallest absolute Gasteiger partial charge is 0.308 e. The van der Waals surface area contributed by atoms with Gasteiger partial charge in [-0.05, 0) is 25.5 Å². The van der Waals surface area contributed by atoms with E-state index in [4.69, 9.17) is 0 Å². The van der Waals surface area contributed by atoms with Crippen LogP contribution >= 0.6 is 0 Å². The fourth-order valence-corrected chi connectivity index (χ4v) is 3.65. The van der Waals surface area contributed by atoms with Gasteiger partial charge in [-0.3, -0.25) is 10.1 Å². The predicted molar refractivity (Wildman–Crippen MR) is 128 cm³/mol. The van der Waals surface area contributed by atoms with E-state index in [9.17, 15) is 9.59 Å².